The molecular formula is C15H19N3. The maximum atomic E-state index is 4.37. The SMILES string of the molecule is CCC(CC)Nc1ncc(-c2ccccc2)cn1. The molecule has 0 radical (unpaired) electrons. The Kier molecular flexibility index (Phi) is 4.29. The lowest BCUT2D eigenvalue weighted by Gasteiger charge is -2.14. The minimum Gasteiger partial charge on any atom is -0.352 e. The lowest BCUT2D eigenvalue weighted by atomic mass is 10.1. The fraction of sp³-hybridized carbons (Fsp3) is 0.333. The molecule has 0 spiro atoms. The number of nitrogens with one attached hydrogen (secondary N) is 1. The van der Waals surface area contributed by atoms with Crippen molar-refractivity contribution in [3.63, 3.8) is 0 Å². The maximum absolute atomic E-state index is 4.37. The Labute approximate surface area is 108 Å². The first-order valence-corrected chi connectivity index (χ1v) is 6.47. The Morgan fingerprint density at radius 1 is 0.944 bits per heavy atom. The molecule has 1 heterocycles. The van der Waals surface area contributed by atoms with Crippen molar-refractivity contribution in [1.82, 2.24) is 9.97 Å². The first-order valence-electron chi connectivity index (χ1n) is 6.47. The van der Waals surface area contributed by atoms with Gasteiger partial charge in [0.1, 0.15) is 0 Å². The van der Waals surface area contributed by atoms with E-state index in [4.69, 9.17) is 0 Å². The van der Waals surface area contributed by atoms with Gasteiger partial charge in [-0.1, -0.05) is 44.2 Å². The third-order valence-corrected chi connectivity index (χ3v) is 3.08. The minimum atomic E-state index is 0.451. The summed E-state index contributed by atoms with van der Waals surface area (Å²) < 4.78 is 0. The normalized spacial score (nSPS) is 10.6. The molecule has 1 aromatic heterocycles. The van der Waals surface area contributed by atoms with Gasteiger partial charge < -0.3 is 5.32 Å². The summed E-state index contributed by atoms with van der Waals surface area (Å²) in [5.41, 5.74) is 2.19. The van der Waals surface area contributed by atoms with Crippen molar-refractivity contribution >= 4 is 5.95 Å². The van der Waals surface area contributed by atoms with Gasteiger partial charge in [-0.2, -0.15) is 0 Å². The highest BCUT2D eigenvalue weighted by molar-refractivity contribution is 5.61. The van der Waals surface area contributed by atoms with Gasteiger partial charge >= 0.3 is 0 Å². The van der Waals surface area contributed by atoms with Crippen LogP contribution in [0.2, 0.25) is 0 Å². The number of nitrogens with zero attached hydrogens (tertiary/aromatic N) is 2. The van der Waals surface area contributed by atoms with Crippen molar-refractivity contribution in [2.24, 2.45) is 0 Å². The van der Waals surface area contributed by atoms with Crippen LogP contribution in [-0.4, -0.2) is 16.0 Å². The topological polar surface area (TPSA) is 37.8 Å². The predicted octanol–water partition coefficient (Wildman–Crippen LogP) is 3.74. The standard InChI is InChI=1S/C15H19N3/c1-3-14(4-2)18-15-16-10-13(11-17-15)12-8-6-5-7-9-12/h5-11,14H,3-4H2,1-2H3,(H,16,17,18). The Hall–Kier alpha value is -1.90. The van der Waals surface area contributed by atoms with Crippen molar-refractivity contribution in [2.75, 3.05) is 5.32 Å². The van der Waals surface area contributed by atoms with Gasteiger partial charge in [0, 0.05) is 24.0 Å². The second-order valence-corrected chi connectivity index (χ2v) is 4.32. The maximum Gasteiger partial charge on any atom is 0.222 e. The summed E-state index contributed by atoms with van der Waals surface area (Å²) in [6.07, 6.45) is 5.90. The van der Waals surface area contributed by atoms with Gasteiger partial charge in [0.2, 0.25) is 5.95 Å². The molecular weight excluding hydrogens is 222 g/mol. The smallest absolute Gasteiger partial charge is 0.222 e. The van der Waals surface area contributed by atoms with Crippen LogP contribution in [0.3, 0.4) is 0 Å². The number of anilines is 1. The average Bonchev–Trinajstić information content (AvgIpc) is 2.46. The predicted molar refractivity (Wildman–Crippen MR) is 75.5 cm³/mol. The molecule has 0 aliphatic rings. The van der Waals surface area contributed by atoms with Gasteiger partial charge in [0.25, 0.3) is 0 Å². The molecule has 3 heteroatoms. The fourth-order valence-electron chi connectivity index (χ4n) is 1.86. The van der Waals surface area contributed by atoms with Crippen molar-refractivity contribution in [2.45, 2.75) is 32.7 Å². The van der Waals surface area contributed by atoms with E-state index in [1.54, 1.807) is 0 Å². The van der Waals surface area contributed by atoms with Crippen LogP contribution in [0.4, 0.5) is 5.95 Å². The number of benzene rings is 1. The highest BCUT2D eigenvalue weighted by atomic mass is 15.1. The summed E-state index contributed by atoms with van der Waals surface area (Å²) in [6.45, 7) is 4.33. The molecule has 0 aliphatic carbocycles. The van der Waals surface area contributed by atoms with Crippen LogP contribution in [-0.2, 0) is 0 Å². The number of aromatic nitrogens is 2. The number of hydrogen-bond acceptors (Lipinski definition) is 3. The molecule has 0 bridgehead atoms. The minimum absolute atomic E-state index is 0.451. The Morgan fingerprint density at radius 3 is 2.11 bits per heavy atom. The van der Waals surface area contributed by atoms with E-state index in [0.717, 1.165) is 24.0 Å². The highest BCUT2D eigenvalue weighted by Gasteiger charge is 2.05. The Morgan fingerprint density at radius 2 is 1.56 bits per heavy atom. The van der Waals surface area contributed by atoms with Gasteiger partial charge in [0.15, 0.2) is 0 Å². The van der Waals surface area contributed by atoms with E-state index in [1.165, 1.54) is 0 Å². The van der Waals surface area contributed by atoms with Crippen LogP contribution in [0.5, 0.6) is 0 Å². The second-order valence-electron chi connectivity index (χ2n) is 4.32. The molecule has 18 heavy (non-hydrogen) atoms. The fourth-order valence-corrected chi connectivity index (χ4v) is 1.86. The van der Waals surface area contributed by atoms with Crippen molar-refractivity contribution in [3.05, 3.63) is 42.7 Å². The van der Waals surface area contributed by atoms with E-state index in [1.807, 2.05) is 30.6 Å². The van der Waals surface area contributed by atoms with Crippen LogP contribution in [0.25, 0.3) is 11.1 Å². The van der Waals surface area contributed by atoms with E-state index in [9.17, 15) is 0 Å². The number of rotatable bonds is 5. The van der Waals surface area contributed by atoms with E-state index in [-0.39, 0.29) is 0 Å². The monoisotopic (exact) mass is 241 g/mol. The van der Waals surface area contributed by atoms with Crippen LogP contribution in [0.1, 0.15) is 26.7 Å². The van der Waals surface area contributed by atoms with Gasteiger partial charge in [-0.15, -0.1) is 0 Å². The molecule has 0 saturated carbocycles. The quantitative estimate of drug-likeness (QED) is 0.866. The summed E-state index contributed by atoms with van der Waals surface area (Å²) in [5.74, 6) is 0.711. The molecule has 2 rings (SSSR count). The third-order valence-electron chi connectivity index (χ3n) is 3.08. The lowest BCUT2D eigenvalue weighted by Crippen LogP contribution is -2.18. The van der Waals surface area contributed by atoms with E-state index < -0.39 is 0 Å². The average molecular weight is 241 g/mol. The van der Waals surface area contributed by atoms with Gasteiger partial charge in [-0.25, -0.2) is 9.97 Å². The molecule has 0 amide bonds. The summed E-state index contributed by atoms with van der Waals surface area (Å²) in [6, 6.07) is 10.6. The van der Waals surface area contributed by atoms with Crippen LogP contribution in [0.15, 0.2) is 42.7 Å². The van der Waals surface area contributed by atoms with Crippen molar-refractivity contribution in [3.8, 4) is 11.1 Å². The molecule has 1 N–H and O–H groups in total. The van der Waals surface area contributed by atoms with Gasteiger partial charge in [-0.05, 0) is 18.4 Å². The highest BCUT2D eigenvalue weighted by Crippen LogP contribution is 2.17. The Balaban J connectivity index is 2.11. The van der Waals surface area contributed by atoms with E-state index in [0.29, 0.717) is 12.0 Å². The van der Waals surface area contributed by atoms with Gasteiger partial charge in [0.05, 0.1) is 0 Å². The first-order chi connectivity index (χ1) is 8.83. The second kappa shape index (κ2) is 6.15. The first kappa shape index (κ1) is 12.6. The summed E-state index contributed by atoms with van der Waals surface area (Å²) in [4.78, 5) is 8.74. The van der Waals surface area contributed by atoms with Crippen molar-refractivity contribution < 1.29 is 0 Å². The molecule has 0 aliphatic heterocycles. The van der Waals surface area contributed by atoms with E-state index in [2.05, 4.69) is 41.3 Å². The molecule has 0 fully saturated rings. The molecule has 0 unspecified atom stereocenters. The summed E-state index contributed by atoms with van der Waals surface area (Å²) >= 11 is 0. The molecule has 0 atom stereocenters. The van der Waals surface area contributed by atoms with Gasteiger partial charge in [-0.3, -0.25) is 0 Å². The van der Waals surface area contributed by atoms with Crippen LogP contribution >= 0.6 is 0 Å². The zero-order valence-electron chi connectivity index (χ0n) is 10.9. The zero-order chi connectivity index (χ0) is 12.8. The third kappa shape index (κ3) is 3.06. The van der Waals surface area contributed by atoms with E-state index >= 15 is 0 Å². The summed E-state index contributed by atoms with van der Waals surface area (Å²) in [5, 5.41) is 3.33. The van der Waals surface area contributed by atoms with Crippen LogP contribution < -0.4 is 5.32 Å². The zero-order valence-corrected chi connectivity index (χ0v) is 10.9. The largest absolute Gasteiger partial charge is 0.352 e. The number of hydrogen-bond donors (Lipinski definition) is 1. The Bertz CT molecular complexity index is 461. The van der Waals surface area contributed by atoms with Crippen LogP contribution in [0, 0.1) is 0 Å². The summed E-state index contributed by atoms with van der Waals surface area (Å²) in [7, 11) is 0. The lowest BCUT2D eigenvalue weighted by molar-refractivity contribution is 0.664. The molecule has 1 aromatic carbocycles. The molecule has 3 nitrogen and oxygen atoms in total. The molecule has 94 valence electrons. The van der Waals surface area contributed by atoms with Crippen molar-refractivity contribution in [1.29, 1.82) is 0 Å². The molecule has 2 aromatic rings. The molecule has 0 saturated heterocycles.